The first-order valence-corrected chi connectivity index (χ1v) is 6.74. The molecule has 2 N–H and O–H groups in total. The highest BCUT2D eigenvalue weighted by atomic mass is 16.3. The first kappa shape index (κ1) is 13.4. The smallest absolute Gasteiger partial charge is 0.115 e. The van der Waals surface area contributed by atoms with E-state index in [1.165, 1.54) is 0 Å². The Balaban J connectivity index is 2.36. The minimum absolute atomic E-state index is 0.194. The van der Waals surface area contributed by atoms with Crippen molar-refractivity contribution in [2.45, 2.75) is 37.7 Å². The van der Waals surface area contributed by atoms with Crippen LogP contribution in [0.15, 0.2) is 24.3 Å². The van der Waals surface area contributed by atoms with Crippen LogP contribution in [-0.2, 0) is 5.41 Å². The minimum atomic E-state index is -0.340. The van der Waals surface area contributed by atoms with Crippen LogP contribution >= 0.6 is 0 Å². The van der Waals surface area contributed by atoms with Gasteiger partial charge in [0, 0.05) is 5.41 Å². The molecule has 1 fully saturated rings. The first-order valence-electron chi connectivity index (χ1n) is 6.74. The number of piperidine rings is 1. The molecule has 0 saturated carbocycles. The molecule has 3 nitrogen and oxygen atoms in total. The number of benzene rings is 1. The fourth-order valence-corrected chi connectivity index (χ4v) is 3.04. The van der Waals surface area contributed by atoms with Crippen LogP contribution in [0, 0.1) is 0 Å². The molecule has 0 aromatic heterocycles. The van der Waals surface area contributed by atoms with Crippen LogP contribution in [0.25, 0.3) is 0 Å². The van der Waals surface area contributed by atoms with Gasteiger partial charge in [-0.2, -0.15) is 0 Å². The summed E-state index contributed by atoms with van der Waals surface area (Å²) in [6.07, 6.45) is 2.30. The van der Waals surface area contributed by atoms with E-state index >= 15 is 0 Å². The quantitative estimate of drug-likeness (QED) is 0.862. The van der Waals surface area contributed by atoms with Crippen LogP contribution < -0.4 is 0 Å². The monoisotopic (exact) mass is 249 g/mol. The number of aromatic hydroxyl groups is 1. The number of likely N-dealkylation sites (tertiary alicyclic amines) is 1. The standard InChI is InChI=1S/C15H23NO2/c1-3-14(18)15(7-9-16(2)10-8-15)12-5-4-6-13(17)11-12/h4-6,11,14,17-18H,3,7-10H2,1-2H3/t14-/m0/s1. The third-order valence-electron chi connectivity index (χ3n) is 4.32. The van der Waals surface area contributed by atoms with Gasteiger partial charge in [0.05, 0.1) is 6.10 Å². The molecule has 100 valence electrons. The summed E-state index contributed by atoms with van der Waals surface area (Å²) in [7, 11) is 2.12. The van der Waals surface area contributed by atoms with Crippen molar-refractivity contribution in [3.63, 3.8) is 0 Å². The highest BCUT2D eigenvalue weighted by Crippen LogP contribution is 2.40. The molecular formula is C15H23NO2. The van der Waals surface area contributed by atoms with Gasteiger partial charge < -0.3 is 15.1 Å². The Morgan fingerprint density at radius 1 is 1.33 bits per heavy atom. The Morgan fingerprint density at radius 2 is 2.00 bits per heavy atom. The van der Waals surface area contributed by atoms with Crippen LogP contribution in [0.5, 0.6) is 5.75 Å². The van der Waals surface area contributed by atoms with E-state index in [0.29, 0.717) is 0 Å². The van der Waals surface area contributed by atoms with Gasteiger partial charge in [0.1, 0.15) is 5.75 Å². The van der Waals surface area contributed by atoms with Crippen LogP contribution in [0.4, 0.5) is 0 Å². The topological polar surface area (TPSA) is 43.7 Å². The van der Waals surface area contributed by atoms with E-state index in [4.69, 9.17) is 0 Å². The van der Waals surface area contributed by atoms with Gasteiger partial charge in [0.2, 0.25) is 0 Å². The van der Waals surface area contributed by atoms with Crippen LogP contribution in [-0.4, -0.2) is 41.4 Å². The molecule has 0 spiro atoms. The Kier molecular flexibility index (Phi) is 3.93. The number of aliphatic hydroxyl groups is 1. The van der Waals surface area contributed by atoms with Crippen molar-refractivity contribution in [3.05, 3.63) is 29.8 Å². The van der Waals surface area contributed by atoms with E-state index in [2.05, 4.69) is 11.9 Å². The Morgan fingerprint density at radius 3 is 2.56 bits per heavy atom. The molecule has 0 unspecified atom stereocenters. The zero-order valence-corrected chi connectivity index (χ0v) is 11.3. The molecule has 1 aliphatic heterocycles. The van der Waals surface area contributed by atoms with Crippen molar-refractivity contribution < 1.29 is 10.2 Å². The summed E-state index contributed by atoms with van der Waals surface area (Å²) in [4.78, 5) is 2.30. The van der Waals surface area contributed by atoms with Crippen molar-refractivity contribution in [1.29, 1.82) is 0 Å². The number of phenols is 1. The van der Waals surface area contributed by atoms with Crippen LogP contribution in [0.3, 0.4) is 0 Å². The van der Waals surface area contributed by atoms with Gasteiger partial charge in [-0.05, 0) is 57.1 Å². The molecule has 0 aliphatic carbocycles. The van der Waals surface area contributed by atoms with E-state index < -0.39 is 0 Å². The van der Waals surface area contributed by atoms with E-state index in [0.717, 1.165) is 37.9 Å². The lowest BCUT2D eigenvalue weighted by molar-refractivity contribution is 0.0335. The Hall–Kier alpha value is -1.06. The summed E-state index contributed by atoms with van der Waals surface area (Å²) >= 11 is 0. The number of hydrogen-bond acceptors (Lipinski definition) is 3. The average molecular weight is 249 g/mol. The summed E-state index contributed by atoms with van der Waals surface area (Å²) in [5.74, 6) is 0.286. The molecule has 0 radical (unpaired) electrons. The highest BCUT2D eigenvalue weighted by Gasteiger charge is 2.40. The summed E-state index contributed by atoms with van der Waals surface area (Å²) in [5, 5.41) is 20.1. The van der Waals surface area contributed by atoms with Gasteiger partial charge in [0.25, 0.3) is 0 Å². The summed E-state index contributed by atoms with van der Waals surface area (Å²) in [5.41, 5.74) is 0.880. The van der Waals surface area contributed by atoms with Crippen molar-refractivity contribution in [2.24, 2.45) is 0 Å². The maximum Gasteiger partial charge on any atom is 0.115 e. The SMILES string of the molecule is CC[C@H](O)C1(c2cccc(O)c2)CCN(C)CC1. The Labute approximate surface area is 109 Å². The molecule has 1 saturated heterocycles. The van der Waals surface area contributed by atoms with Crippen molar-refractivity contribution in [2.75, 3.05) is 20.1 Å². The average Bonchev–Trinajstić information content (AvgIpc) is 2.39. The van der Waals surface area contributed by atoms with Gasteiger partial charge in [-0.1, -0.05) is 19.1 Å². The largest absolute Gasteiger partial charge is 0.508 e. The molecule has 1 aliphatic rings. The molecule has 1 aromatic carbocycles. The van der Waals surface area contributed by atoms with Gasteiger partial charge in [-0.25, -0.2) is 0 Å². The van der Waals surface area contributed by atoms with Crippen LogP contribution in [0.1, 0.15) is 31.7 Å². The molecule has 0 bridgehead atoms. The van der Waals surface area contributed by atoms with Gasteiger partial charge >= 0.3 is 0 Å². The second-order valence-corrected chi connectivity index (χ2v) is 5.43. The molecule has 3 heteroatoms. The predicted octanol–water partition coefficient (Wildman–Crippen LogP) is 2.13. The Bertz CT molecular complexity index is 397. The summed E-state index contributed by atoms with van der Waals surface area (Å²) in [6.45, 7) is 4.01. The van der Waals surface area contributed by atoms with Crippen LogP contribution in [0.2, 0.25) is 0 Å². The zero-order valence-electron chi connectivity index (χ0n) is 11.3. The third-order valence-corrected chi connectivity index (χ3v) is 4.32. The van der Waals surface area contributed by atoms with Gasteiger partial charge in [-0.15, -0.1) is 0 Å². The van der Waals surface area contributed by atoms with E-state index in [9.17, 15) is 10.2 Å². The number of rotatable bonds is 3. The molecular weight excluding hydrogens is 226 g/mol. The lowest BCUT2D eigenvalue weighted by Crippen LogP contribution is -2.48. The second kappa shape index (κ2) is 5.29. The third kappa shape index (κ3) is 2.38. The first-order chi connectivity index (χ1) is 8.58. The van der Waals surface area contributed by atoms with E-state index in [-0.39, 0.29) is 17.3 Å². The molecule has 1 heterocycles. The maximum absolute atomic E-state index is 10.5. The molecule has 18 heavy (non-hydrogen) atoms. The second-order valence-electron chi connectivity index (χ2n) is 5.43. The van der Waals surface area contributed by atoms with Gasteiger partial charge in [-0.3, -0.25) is 0 Å². The van der Waals surface area contributed by atoms with Crippen molar-refractivity contribution in [3.8, 4) is 5.75 Å². The number of nitrogens with zero attached hydrogens (tertiary/aromatic N) is 1. The van der Waals surface area contributed by atoms with E-state index in [1.54, 1.807) is 6.07 Å². The number of aliphatic hydroxyl groups excluding tert-OH is 1. The predicted molar refractivity (Wildman–Crippen MR) is 72.8 cm³/mol. The number of hydrogen-bond donors (Lipinski definition) is 2. The summed E-state index contributed by atoms with van der Waals surface area (Å²) < 4.78 is 0. The molecule has 0 amide bonds. The zero-order chi connectivity index (χ0) is 13.2. The maximum atomic E-state index is 10.5. The number of phenolic OH excluding ortho intramolecular Hbond substituents is 1. The van der Waals surface area contributed by atoms with Gasteiger partial charge in [0.15, 0.2) is 0 Å². The fraction of sp³-hybridized carbons (Fsp3) is 0.600. The molecule has 1 atom stereocenters. The fourth-order valence-electron chi connectivity index (χ4n) is 3.04. The van der Waals surface area contributed by atoms with Crippen molar-refractivity contribution >= 4 is 0 Å². The molecule has 1 aromatic rings. The molecule has 2 rings (SSSR count). The highest BCUT2D eigenvalue weighted by molar-refractivity contribution is 5.34. The lowest BCUT2D eigenvalue weighted by Gasteiger charge is -2.44. The lowest BCUT2D eigenvalue weighted by atomic mass is 9.68. The minimum Gasteiger partial charge on any atom is -0.508 e. The van der Waals surface area contributed by atoms with E-state index in [1.807, 2.05) is 25.1 Å². The summed E-state index contributed by atoms with van der Waals surface area (Å²) in [6, 6.07) is 7.39. The normalized spacial score (nSPS) is 21.7. The van der Waals surface area contributed by atoms with Crippen molar-refractivity contribution in [1.82, 2.24) is 4.90 Å².